The average molecular weight is 289 g/mol. The molecule has 2 aromatic carbocycles. The minimum absolute atomic E-state index is 0.811. The number of aromatic amines is 2. The van der Waals surface area contributed by atoms with E-state index in [1.165, 1.54) is 38.7 Å². The highest BCUT2D eigenvalue weighted by molar-refractivity contribution is 6.03. The van der Waals surface area contributed by atoms with Crippen LogP contribution in [0.5, 0.6) is 0 Å². The number of hydrogen-bond donors (Lipinski definition) is 3. The highest BCUT2D eigenvalue weighted by Gasteiger charge is 2.16. The zero-order valence-corrected chi connectivity index (χ0v) is 12.8. The summed E-state index contributed by atoms with van der Waals surface area (Å²) < 4.78 is 0. The predicted octanol–water partition coefficient (Wildman–Crippen LogP) is 4.83. The van der Waals surface area contributed by atoms with Gasteiger partial charge in [-0.3, -0.25) is 10.2 Å². The van der Waals surface area contributed by atoms with Crippen molar-refractivity contribution in [2.75, 3.05) is 5.32 Å². The molecule has 0 saturated carbocycles. The molecule has 110 valence electrons. The first kappa shape index (κ1) is 13.0. The van der Waals surface area contributed by atoms with Crippen LogP contribution in [0.2, 0.25) is 0 Å². The molecule has 3 heteroatoms. The van der Waals surface area contributed by atoms with Crippen LogP contribution in [-0.2, 0) is 6.54 Å². The molecule has 0 atom stereocenters. The number of benzene rings is 2. The van der Waals surface area contributed by atoms with Gasteiger partial charge in [-0.2, -0.15) is 0 Å². The molecule has 4 rings (SSSR count). The fourth-order valence-electron chi connectivity index (χ4n) is 3.06. The first-order chi connectivity index (χ1) is 10.7. The number of nitrogens with one attached hydrogen (secondary N) is 3. The van der Waals surface area contributed by atoms with Crippen LogP contribution < -0.4 is 5.32 Å². The van der Waals surface area contributed by atoms with E-state index in [2.05, 4.69) is 77.9 Å². The molecule has 3 N–H and O–H groups in total. The second-order valence-electron chi connectivity index (χ2n) is 5.99. The summed E-state index contributed by atoms with van der Waals surface area (Å²) in [6, 6.07) is 17.4. The van der Waals surface area contributed by atoms with Gasteiger partial charge in [0.2, 0.25) is 0 Å². The van der Waals surface area contributed by atoms with Crippen molar-refractivity contribution in [1.29, 1.82) is 0 Å². The number of fused-ring (bicyclic) bond motifs is 3. The molecule has 0 radical (unpaired) electrons. The van der Waals surface area contributed by atoms with E-state index in [1.807, 2.05) is 0 Å². The van der Waals surface area contributed by atoms with E-state index < -0.39 is 0 Å². The van der Waals surface area contributed by atoms with Gasteiger partial charge in [-0.1, -0.05) is 47.5 Å². The maximum Gasteiger partial charge on any atom is 0.127 e. The van der Waals surface area contributed by atoms with Crippen LogP contribution in [0.15, 0.2) is 48.5 Å². The maximum absolute atomic E-state index is 3.50. The summed E-state index contributed by atoms with van der Waals surface area (Å²) >= 11 is 0. The highest BCUT2D eigenvalue weighted by Crippen LogP contribution is 2.37. The van der Waals surface area contributed by atoms with E-state index in [4.69, 9.17) is 0 Å². The lowest BCUT2D eigenvalue weighted by Crippen LogP contribution is -2.00. The van der Waals surface area contributed by atoms with E-state index in [9.17, 15) is 0 Å². The Morgan fingerprint density at radius 2 is 1.77 bits per heavy atom. The lowest BCUT2D eigenvalue weighted by Gasteiger charge is -2.05. The van der Waals surface area contributed by atoms with Gasteiger partial charge in [-0.15, -0.1) is 0 Å². The van der Waals surface area contributed by atoms with Crippen molar-refractivity contribution in [2.24, 2.45) is 0 Å². The van der Waals surface area contributed by atoms with Crippen LogP contribution in [0.1, 0.15) is 16.7 Å². The van der Waals surface area contributed by atoms with Gasteiger partial charge < -0.3 is 5.32 Å². The minimum Gasteiger partial charge on any atom is -0.366 e. The Hall–Kier alpha value is -2.68. The maximum atomic E-state index is 3.50. The normalized spacial score (nSPS) is 11.4. The molecule has 0 fully saturated rings. The number of aryl methyl sites for hydroxylation is 2. The molecule has 2 aliphatic rings. The summed E-state index contributed by atoms with van der Waals surface area (Å²) in [5.41, 5.74) is 6.24. The van der Waals surface area contributed by atoms with Crippen LogP contribution in [0.25, 0.3) is 22.0 Å². The molecular formula is C19H19N3. The zero-order chi connectivity index (χ0) is 15.1. The summed E-state index contributed by atoms with van der Waals surface area (Å²) in [4.78, 5) is 0. The molecule has 22 heavy (non-hydrogen) atoms. The molecule has 1 aliphatic heterocycles. The summed E-state index contributed by atoms with van der Waals surface area (Å²) in [6.45, 7) is 5.06. The molecule has 1 aliphatic carbocycles. The third-order valence-electron chi connectivity index (χ3n) is 4.18. The minimum atomic E-state index is 0.811. The van der Waals surface area contributed by atoms with Crippen molar-refractivity contribution in [3.63, 3.8) is 0 Å². The summed E-state index contributed by atoms with van der Waals surface area (Å²) in [6.07, 6.45) is 0. The molecule has 3 nitrogen and oxygen atoms in total. The van der Waals surface area contributed by atoms with Crippen molar-refractivity contribution in [3.8, 4) is 11.3 Å². The van der Waals surface area contributed by atoms with Gasteiger partial charge in [0.1, 0.15) is 5.82 Å². The lowest BCUT2D eigenvalue weighted by atomic mass is 10.1. The summed E-state index contributed by atoms with van der Waals surface area (Å²) in [5, 5.41) is 12.6. The largest absolute Gasteiger partial charge is 0.366 e. The molecule has 0 saturated heterocycles. The Bertz CT molecular complexity index is 914. The topological polar surface area (TPSA) is 43.6 Å². The second-order valence-corrected chi connectivity index (χ2v) is 5.99. The zero-order valence-electron chi connectivity index (χ0n) is 12.8. The Morgan fingerprint density at radius 1 is 0.909 bits per heavy atom. The van der Waals surface area contributed by atoms with Gasteiger partial charge in [0.15, 0.2) is 0 Å². The van der Waals surface area contributed by atoms with Crippen LogP contribution in [-0.4, -0.2) is 10.2 Å². The predicted molar refractivity (Wildman–Crippen MR) is 92.5 cm³/mol. The Balaban J connectivity index is 1.64. The molecule has 0 amide bonds. The van der Waals surface area contributed by atoms with E-state index in [1.54, 1.807) is 0 Å². The first-order valence-electron chi connectivity index (χ1n) is 7.59. The van der Waals surface area contributed by atoms with E-state index in [-0.39, 0.29) is 0 Å². The number of rotatable bonds is 3. The van der Waals surface area contributed by atoms with Gasteiger partial charge in [0, 0.05) is 17.5 Å². The third kappa shape index (κ3) is 2.15. The van der Waals surface area contributed by atoms with Crippen molar-refractivity contribution in [1.82, 2.24) is 10.2 Å². The molecular weight excluding hydrogens is 270 g/mol. The Kier molecular flexibility index (Phi) is 2.93. The van der Waals surface area contributed by atoms with E-state index in [0.29, 0.717) is 0 Å². The lowest BCUT2D eigenvalue weighted by molar-refractivity contribution is 1.06. The van der Waals surface area contributed by atoms with Crippen LogP contribution in [0.4, 0.5) is 5.82 Å². The first-order valence-corrected chi connectivity index (χ1v) is 7.59. The van der Waals surface area contributed by atoms with E-state index in [0.717, 1.165) is 12.4 Å². The molecule has 0 aromatic heterocycles. The Labute approximate surface area is 129 Å². The van der Waals surface area contributed by atoms with Crippen molar-refractivity contribution >= 4 is 16.6 Å². The number of aromatic nitrogens is 2. The van der Waals surface area contributed by atoms with Crippen LogP contribution in [0.3, 0.4) is 0 Å². The fourth-order valence-corrected chi connectivity index (χ4v) is 3.06. The Morgan fingerprint density at radius 3 is 2.64 bits per heavy atom. The standard InChI is InChI=1S/C19H19N3/c1-12-4-3-5-14(8-12)11-20-19-17-10-15-7-6-13(2)9-16(15)18(17)21-22-19/h3-10,20-22H,11H2,1-2H3. The van der Waals surface area contributed by atoms with E-state index >= 15 is 0 Å². The second kappa shape index (κ2) is 4.95. The quantitative estimate of drug-likeness (QED) is 0.497. The number of H-pyrrole nitrogens is 2. The van der Waals surface area contributed by atoms with Crippen molar-refractivity contribution in [3.05, 3.63) is 65.2 Å². The highest BCUT2D eigenvalue weighted by atomic mass is 15.2. The van der Waals surface area contributed by atoms with Gasteiger partial charge >= 0.3 is 0 Å². The van der Waals surface area contributed by atoms with Gasteiger partial charge in [-0.25, -0.2) is 0 Å². The van der Waals surface area contributed by atoms with Gasteiger partial charge in [0.25, 0.3) is 0 Å². The SMILES string of the molecule is Cc1cccc(CNc2[nH][nH]c3c4cc(C)ccc4cc2-3)c1. The monoisotopic (exact) mass is 289 g/mol. The third-order valence-corrected chi connectivity index (χ3v) is 4.18. The van der Waals surface area contributed by atoms with Gasteiger partial charge in [0.05, 0.1) is 5.69 Å². The number of anilines is 1. The molecule has 0 unspecified atom stereocenters. The van der Waals surface area contributed by atoms with Crippen molar-refractivity contribution < 1.29 is 0 Å². The fraction of sp³-hybridized carbons (Fsp3) is 0.158. The average Bonchev–Trinajstić information content (AvgIpc) is 3.05. The van der Waals surface area contributed by atoms with Crippen molar-refractivity contribution in [2.45, 2.75) is 20.4 Å². The summed E-state index contributed by atoms with van der Waals surface area (Å²) in [5.74, 6) is 1.05. The van der Waals surface area contributed by atoms with Crippen LogP contribution in [0, 0.1) is 13.8 Å². The molecule has 0 bridgehead atoms. The molecule has 1 heterocycles. The number of hydrogen-bond acceptors (Lipinski definition) is 1. The van der Waals surface area contributed by atoms with Gasteiger partial charge in [-0.05, 0) is 36.9 Å². The smallest absolute Gasteiger partial charge is 0.127 e. The van der Waals surface area contributed by atoms with Crippen LogP contribution >= 0.6 is 0 Å². The molecule has 0 spiro atoms. The molecule has 2 aromatic rings. The summed E-state index contributed by atoms with van der Waals surface area (Å²) in [7, 11) is 0.